The molecule has 266 valence electrons. The minimum atomic E-state index is 0.585. The molecule has 0 N–H and O–H groups in total. The molecule has 4 aromatic heterocycles. The van der Waals surface area contributed by atoms with Gasteiger partial charge in [-0.05, 0) is 72.8 Å². The molecule has 0 atom stereocenters. The zero-order valence-electron chi connectivity index (χ0n) is 30.7. The number of para-hydroxylation sites is 5. The molecule has 0 fully saturated rings. The van der Waals surface area contributed by atoms with Crippen molar-refractivity contribution in [3.05, 3.63) is 194 Å². The average molecular weight is 729 g/mol. The van der Waals surface area contributed by atoms with Gasteiger partial charge in [-0.15, -0.1) is 0 Å². The van der Waals surface area contributed by atoms with E-state index in [0.29, 0.717) is 17.6 Å². The molecule has 8 aromatic carbocycles. The Labute approximate surface area is 327 Å². The number of benzene rings is 8. The second kappa shape index (κ2) is 12.3. The van der Waals surface area contributed by atoms with E-state index in [1.807, 2.05) is 30.3 Å². The zero-order valence-corrected chi connectivity index (χ0v) is 30.7. The van der Waals surface area contributed by atoms with E-state index in [1.54, 1.807) is 0 Å². The highest BCUT2D eigenvalue weighted by Crippen LogP contribution is 2.42. The summed E-state index contributed by atoms with van der Waals surface area (Å²) in [5, 5.41) is 7.29. The number of hydrogen-bond acceptors (Lipinski definition) is 3. The summed E-state index contributed by atoms with van der Waals surface area (Å²) in [6, 6.07) is 68.4. The molecule has 0 aliphatic heterocycles. The van der Waals surface area contributed by atoms with Crippen LogP contribution in [-0.2, 0) is 0 Å². The van der Waals surface area contributed by atoms with Crippen LogP contribution in [0, 0.1) is 0 Å². The largest absolute Gasteiger partial charge is 0.309 e. The van der Waals surface area contributed by atoms with E-state index in [0.717, 1.165) is 55.3 Å². The predicted molar refractivity (Wildman–Crippen MR) is 234 cm³/mol. The van der Waals surface area contributed by atoms with Gasteiger partial charge in [-0.2, -0.15) is 9.97 Å². The minimum absolute atomic E-state index is 0.585. The van der Waals surface area contributed by atoms with Crippen LogP contribution >= 0.6 is 0 Å². The Hall–Kier alpha value is -7.83. The van der Waals surface area contributed by atoms with Crippen LogP contribution in [0.4, 0.5) is 0 Å². The highest BCUT2D eigenvalue weighted by atomic mass is 15.2. The third kappa shape index (κ3) is 4.74. The highest BCUT2D eigenvalue weighted by Gasteiger charge is 2.21. The van der Waals surface area contributed by atoms with Crippen LogP contribution in [0.25, 0.3) is 106 Å². The van der Waals surface area contributed by atoms with E-state index in [-0.39, 0.29) is 0 Å². The molecule has 6 nitrogen and oxygen atoms in total. The summed E-state index contributed by atoms with van der Waals surface area (Å²) in [5.74, 6) is 1.83. The molecule has 0 spiro atoms. The quantitative estimate of drug-likeness (QED) is 0.177. The van der Waals surface area contributed by atoms with E-state index in [4.69, 9.17) is 15.0 Å². The van der Waals surface area contributed by atoms with Crippen molar-refractivity contribution in [1.29, 1.82) is 0 Å². The van der Waals surface area contributed by atoms with Gasteiger partial charge in [-0.25, -0.2) is 4.98 Å². The molecule has 0 unspecified atom stereocenters. The maximum atomic E-state index is 5.19. The molecule has 12 rings (SSSR count). The molecule has 0 saturated heterocycles. The van der Waals surface area contributed by atoms with Crippen molar-refractivity contribution in [3.8, 4) is 40.1 Å². The maximum absolute atomic E-state index is 5.19. The van der Waals surface area contributed by atoms with Gasteiger partial charge in [0.25, 0.3) is 0 Å². The summed E-state index contributed by atoms with van der Waals surface area (Å²) >= 11 is 0. The second-order valence-corrected chi connectivity index (χ2v) is 14.5. The Morgan fingerprint density at radius 2 is 0.649 bits per heavy atom. The molecule has 12 aromatic rings. The lowest BCUT2D eigenvalue weighted by Crippen LogP contribution is -2.06. The molecular formula is C51H32N6. The van der Waals surface area contributed by atoms with E-state index in [9.17, 15) is 0 Å². The van der Waals surface area contributed by atoms with Crippen molar-refractivity contribution in [3.63, 3.8) is 0 Å². The van der Waals surface area contributed by atoms with Crippen LogP contribution in [0.15, 0.2) is 194 Å². The van der Waals surface area contributed by atoms with Gasteiger partial charge in [0, 0.05) is 54.8 Å². The molecule has 57 heavy (non-hydrogen) atoms. The lowest BCUT2D eigenvalue weighted by Gasteiger charge is -2.12. The van der Waals surface area contributed by atoms with Crippen LogP contribution in [0.2, 0.25) is 0 Å². The molecular weight excluding hydrogens is 697 g/mol. The lowest BCUT2D eigenvalue weighted by atomic mass is 10.1. The second-order valence-electron chi connectivity index (χ2n) is 14.5. The summed E-state index contributed by atoms with van der Waals surface area (Å²) in [4.78, 5) is 15.4. The fourth-order valence-electron chi connectivity index (χ4n) is 8.86. The Bertz CT molecular complexity index is 3450. The number of fused-ring (bicyclic) bond motifs is 10. The highest BCUT2D eigenvalue weighted by molar-refractivity contribution is 6.28. The smallest absolute Gasteiger partial charge is 0.238 e. The van der Waals surface area contributed by atoms with Crippen LogP contribution in [0.3, 0.4) is 0 Å². The van der Waals surface area contributed by atoms with Crippen LogP contribution < -0.4 is 0 Å². The fraction of sp³-hybridized carbons (Fsp3) is 0. The van der Waals surface area contributed by atoms with Crippen LogP contribution in [0.1, 0.15) is 0 Å². The van der Waals surface area contributed by atoms with Crippen molar-refractivity contribution < 1.29 is 0 Å². The van der Waals surface area contributed by atoms with Gasteiger partial charge in [0.05, 0.1) is 33.1 Å². The Balaban J connectivity index is 1.05. The molecule has 0 bridgehead atoms. The normalized spacial score (nSPS) is 11.9. The predicted octanol–water partition coefficient (Wildman–Crippen LogP) is 12.5. The molecule has 0 aliphatic carbocycles. The number of aromatic nitrogens is 6. The summed E-state index contributed by atoms with van der Waals surface area (Å²) < 4.78 is 6.93. The molecule has 0 aliphatic rings. The van der Waals surface area contributed by atoms with Gasteiger partial charge in [0.1, 0.15) is 0 Å². The van der Waals surface area contributed by atoms with E-state index in [2.05, 4.69) is 177 Å². The standard InChI is InChI=1S/C51H32N6/c1-3-15-33(16-4-1)49-52-50(54-51(53-49)57-41-23-11-7-19-37(41)38-20-8-12-24-42(38)57)34-27-29-36(30-28-34)56-44-26-14-10-22-40(44)48-46(56)32-31-45-47(48)39-21-9-13-25-43(39)55(45)35-17-5-2-6-18-35/h1-32H. The van der Waals surface area contributed by atoms with Crippen molar-refractivity contribution >= 4 is 65.4 Å². The van der Waals surface area contributed by atoms with E-state index < -0.39 is 0 Å². The van der Waals surface area contributed by atoms with Crippen LogP contribution in [-0.4, -0.2) is 28.7 Å². The first-order valence-corrected chi connectivity index (χ1v) is 19.2. The lowest BCUT2D eigenvalue weighted by molar-refractivity contribution is 0.953. The van der Waals surface area contributed by atoms with Crippen molar-refractivity contribution in [2.45, 2.75) is 0 Å². The Morgan fingerprint density at radius 3 is 1.16 bits per heavy atom. The molecule has 0 amide bonds. The minimum Gasteiger partial charge on any atom is -0.309 e. The molecule has 0 saturated carbocycles. The average Bonchev–Trinajstić information content (AvgIpc) is 3.93. The molecule has 0 radical (unpaired) electrons. The first-order valence-electron chi connectivity index (χ1n) is 19.2. The number of nitrogens with zero attached hydrogens (tertiary/aromatic N) is 6. The number of rotatable bonds is 5. The SMILES string of the molecule is c1ccc(-c2nc(-c3ccc(-n4c5ccccc5c5c6c7ccccc7n(-c7ccccc7)c6ccc54)cc3)nc(-n3c4ccccc4c4ccccc43)n2)cc1. The summed E-state index contributed by atoms with van der Waals surface area (Å²) in [6.07, 6.45) is 0. The van der Waals surface area contributed by atoms with Crippen molar-refractivity contribution in [1.82, 2.24) is 28.7 Å². The molecule has 4 heterocycles. The van der Waals surface area contributed by atoms with E-state index in [1.165, 1.54) is 32.6 Å². The Morgan fingerprint density at radius 1 is 0.263 bits per heavy atom. The van der Waals surface area contributed by atoms with Crippen molar-refractivity contribution in [2.75, 3.05) is 0 Å². The monoisotopic (exact) mass is 728 g/mol. The summed E-state index contributed by atoms with van der Waals surface area (Å²) in [6.45, 7) is 0. The maximum Gasteiger partial charge on any atom is 0.238 e. The third-order valence-corrected chi connectivity index (χ3v) is 11.3. The van der Waals surface area contributed by atoms with Crippen LogP contribution in [0.5, 0.6) is 0 Å². The van der Waals surface area contributed by atoms with Crippen molar-refractivity contribution in [2.24, 2.45) is 0 Å². The summed E-state index contributed by atoms with van der Waals surface area (Å²) in [7, 11) is 0. The first kappa shape index (κ1) is 31.5. The zero-order chi connectivity index (χ0) is 37.5. The van der Waals surface area contributed by atoms with Gasteiger partial charge >= 0.3 is 0 Å². The molecule has 6 heteroatoms. The van der Waals surface area contributed by atoms with Gasteiger partial charge in [-0.1, -0.05) is 121 Å². The number of hydrogen-bond donors (Lipinski definition) is 0. The van der Waals surface area contributed by atoms with Gasteiger partial charge < -0.3 is 9.13 Å². The topological polar surface area (TPSA) is 53.5 Å². The van der Waals surface area contributed by atoms with E-state index >= 15 is 0 Å². The third-order valence-electron chi connectivity index (χ3n) is 11.3. The first-order chi connectivity index (χ1) is 28.3. The van der Waals surface area contributed by atoms with Gasteiger partial charge in [0.15, 0.2) is 11.6 Å². The summed E-state index contributed by atoms with van der Waals surface area (Å²) in [5.41, 5.74) is 10.9. The van der Waals surface area contributed by atoms with Gasteiger partial charge in [0.2, 0.25) is 5.95 Å². The Kier molecular flexibility index (Phi) is 6.83. The van der Waals surface area contributed by atoms with Gasteiger partial charge in [-0.3, -0.25) is 4.57 Å². The fourth-order valence-corrected chi connectivity index (χ4v) is 8.86.